The molecule has 4 heteroatoms. The Balaban J connectivity index is 2.84. The lowest BCUT2D eigenvalue weighted by Crippen LogP contribution is -2.04. The average molecular weight is 246 g/mol. The summed E-state index contributed by atoms with van der Waals surface area (Å²) in [6.07, 6.45) is 1.01. The number of halogens is 1. The van der Waals surface area contributed by atoms with E-state index in [9.17, 15) is 0 Å². The highest BCUT2D eigenvalue weighted by atomic mass is 35.5. The molecule has 0 bridgehead atoms. The second kappa shape index (κ2) is 6.13. The number of thiol groups is 1. The summed E-state index contributed by atoms with van der Waals surface area (Å²) in [6.45, 7) is 2.86. The smallest absolute Gasteiger partial charge is 0.144 e. The van der Waals surface area contributed by atoms with E-state index in [0.29, 0.717) is 0 Å². The van der Waals surface area contributed by atoms with Gasteiger partial charge in [-0.1, -0.05) is 11.6 Å². The first-order valence-electron chi connectivity index (χ1n) is 4.88. The van der Waals surface area contributed by atoms with E-state index in [0.717, 1.165) is 40.7 Å². The van der Waals surface area contributed by atoms with Gasteiger partial charge in [0.15, 0.2) is 0 Å². The fraction of sp³-hybridized carbons (Fsp3) is 0.455. The largest absolute Gasteiger partial charge is 0.494 e. The van der Waals surface area contributed by atoms with Crippen LogP contribution in [0.5, 0.6) is 5.75 Å². The summed E-state index contributed by atoms with van der Waals surface area (Å²) >= 11 is 10.1. The normalized spacial score (nSPS) is 10.1. The van der Waals surface area contributed by atoms with E-state index in [-0.39, 0.29) is 0 Å². The summed E-state index contributed by atoms with van der Waals surface area (Å²) in [7, 11) is 1.67. The Morgan fingerprint density at radius 2 is 2.20 bits per heavy atom. The van der Waals surface area contributed by atoms with Gasteiger partial charge in [0.05, 0.1) is 12.8 Å². The molecule has 0 heterocycles. The van der Waals surface area contributed by atoms with Crippen molar-refractivity contribution in [3.05, 3.63) is 22.7 Å². The molecule has 1 aromatic rings. The van der Waals surface area contributed by atoms with Crippen LogP contribution in [0.4, 0.5) is 5.69 Å². The van der Waals surface area contributed by atoms with Crippen molar-refractivity contribution < 1.29 is 4.74 Å². The molecule has 0 radical (unpaired) electrons. The minimum Gasteiger partial charge on any atom is -0.494 e. The molecule has 0 unspecified atom stereocenters. The van der Waals surface area contributed by atoms with Crippen molar-refractivity contribution in [2.45, 2.75) is 13.3 Å². The second-order valence-corrected chi connectivity index (χ2v) is 4.19. The molecule has 0 fully saturated rings. The van der Waals surface area contributed by atoms with Crippen LogP contribution in [-0.2, 0) is 0 Å². The van der Waals surface area contributed by atoms with Gasteiger partial charge in [-0.05, 0) is 36.8 Å². The molecule has 0 aliphatic heterocycles. The molecule has 1 aromatic carbocycles. The number of hydrogen-bond acceptors (Lipinski definition) is 3. The van der Waals surface area contributed by atoms with Gasteiger partial charge in [0.25, 0.3) is 0 Å². The molecule has 1 N–H and O–H groups in total. The van der Waals surface area contributed by atoms with Gasteiger partial charge in [0, 0.05) is 11.6 Å². The lowest BCUT2D eigenvalue weighted by atomic mass is 10.2. The third-order valence-electron chi connectivity index (χ3n) is 2.09. The fourth-order valence-electron chi connectivity index (χ4n) is 1.43. The van der Waals surface area contributed by atoms with Crippen LogP contribution >= 0.6 is 24.2 Å². The molecule has 0 saturated carbocycles. The van der Waals surface area contributed by atoms with E-state index in [2.05, 4.69) is 17.9 Å². The van der Waals surface area contributed by atoms with Crippen LogP contribution in [0.25, 0.3) is 0 Å². The molecular weight excluding hydrogens is 230 g/mol. The van der Waals surface area contributed by atoms with Crippen LogP contribution in [0.15, 0.2) is 12.1 Å². The zero-order valence-electron chi connectivity index (χ0n) is 9.01. The first-order chi connectivity index (χ1) is 7.19. The Morgan fingerprint density at radius 1 is 1.47 bits per heavy atom. The number of aryl methyl sites for hydroxylation is 1. The van der Waals surface area contributed by atoms with Gasteiger partial charge in [0.2, 0.25) is 0 Å². The van der Waals surface area contributed by atoms with Gasteiger partial charge < -0.3 is 10.1 Å². The summed E-state index contributed by atoms with van der Waals surface area (Å²) < 4.78 is 5.32. The van der Waals surface area contributed by atoms with Gasteiger partial charge in [-0.2, -0.15) is 12.6 Å². The molecule has 0 aliphatic rings. The first-order valence-corrected chi connectivity index (χ1v) is 5.89. The minimum absolute atomic E-state index is 0.724. The summed E-state index contributed by atoms with van der Waals surface area (Å²) in [5, 5.41) is 4.01. The first kappa shape index (κ1) is 12.5. The van der Waals surface area contributed by atoms with Crippen molar-refractivity contribution in [2.24, 2.45) is 0 Å². The number of ether oxygens (including phenoxy) is 1. The van der Waals surface area contributed by atoms with Crippen LogP contribution in [0.3, 0.4) is 0 Å². The van der Waals surface area contributed by atoms with Crippen molar-refractivity contribution in [1.29, 1.82) is 0 Å². The van der Waals surface area contributed by atoms with Gasteiger partial charge in [-0.15, -0.1) is 0 Å². The topological polar surface area (TPSA) is 21.3 Å². The van der Waals surface area contributed by atoms with Crippen LogP contribution < -0.4 is 10.1 Å². The van der Waals surface area contributed by atoms with Crippen LogP contribution in [-0.4, -0.2) is 19.4 Å². The van der Waals surface area contributed by atoms with E-state index in [1.165, 1.54) is 0 Å². The van der Waals surface area contributed by atoms with Crippen molar-refractivity contribution in [2.75, 3.05) is 24.7 Å². The molecule has 84 valence electrons. The highest BCUT2D eigenvalue weighted by molar-refractivity contribution is 7.80. The predicted molar refractivity (Wildman–Crippen MR) is 69.7 cm³/mol. The third-order valence-corrected chi connectivity index (χ3v) is 2.63. The molecule has 0 aliphatic carbocycles. The van der Waals surface area contributed by atoms with Gasteiger partial charge in [-0.25, -0.2) is 0 Å². The molecule has 15 heavy (non-hydrogen) atoms. The van der Waals surface area contributed by atoms with Gasteiger partial charge >= 0.3 is 0 Å². The number of benzene rings is 1. The van der Waals surface area contributed by atoms with Gasteiger partial charge in [-0.3, -0.25) is 0 Å². The Bertz CT molecular complexity index is 331. The maximum absolute atomic E-state index is 5.98. The highest BCUT2D eigenvalue weighted by Gasteiger charge is 2.07. The quantitative estimate of drug-likeness (QED) is 0.613. The van der Waals surface area contributed by atoms with Crippen LogP contribution in [0.2, 0.25) is 5.02 Å². The predicted octanol–water partition coefficient (Wildman–Crippen LogP) is 3.39. The van der Waals surface area contributed by atoms with Gasteiger partial charge in [0.1, 0.15) is 5.75 Å². The van der Waals surface area contributed by atoms with E-state index < -0.39 is 0 Å². The lowest BCUT2D eigenvalue weighted by molar-refractivity contribution is 0.413. The Kier molecular flexibility index (Phi) is 5.12. The van der Waals surface area contributed by atoms with E-state index >= 15 is 0 Å². The SMILES string of the molecule is COc1c(C)cc(Cl)cc1NCCCS. The molecule has 0 aromatic heterocycles. The second-order valence-electron chi connectivity index (χ2n) is 3.31. The summed E-state index contributed by atoms with van der Waals surface area (Å²) in [5.74, 6) is 1.73. The Hall–Kier alpha value is -0.540. The molecule has 0 spiro atoms. The average Bonchev–Trinajstić information content (AvgIpc) is 2.17. The van der Waals surface area contributed by atoms with Crippen molar-refractivity contribution >= 4 is 29.9 Å². The molecule has 0 amide bonds. The Labute approximate surface area is 101 Å². The molecule has 2 nitrogen and oxygen atoms in total. The number of nitrogens with one attached hydrogen (secondary N) is 1. The lowest BCUT2D eigenvalue weighted by Gasteiger charge is -2.13. The molecular formula is C11H16ClNOS. The number of rotatable bonds is 5. The van der Waals surface area contributed by atoms with Crippen molar-refractivity contribution in [1.82, 2.24) is 0 Å². The number of hydrogen-bond donors (Lipinski definition) is 2. The van der Waals surface area contributed by atoms with E-state index in [1.807, 2.05) is 19.1 Å². The van der Waals surface area contributed by atoms with E-state index in [4.69, 9.17) is 16.3 Å². The zero-order valence-corrected chi connectivity index (χ0v) is 10.7. The number of methoxy groups -OCH3 is 1. The van der Waals surface area contributed by atoms with E-state index in [1.54, 1.807) is 7.11 Å². The minimum atomic E-state index is 0.724. The van der Waals surface area contributed by atoms with Crippen LogP contribution in [0, 0.1) is 6.92 Å². The zero-order chi connectivity index (χ0) is 11.3. The fourth-order valence-corrected chi connectivity index (χ4v) is 1.87. The summed E-state index contributed by atoms with van der Waals surface area (Å²) in [4.78, 5) is 0. The maximum Gasteiger partial charge on any atom is 0.144 e. The van der Waals surface area contributed by atoms with Crippen molar-refractivity contribution in [3.8, 4) is 5.75 Å². The standard InChI is InChI=1S/C11H16ClNOS/c1-8-6-9(12)7-10(11(8)14-2)13-4-3-5-15/h6-7,13,15H,3-5H2,1-2H3. The molecule has 0 atom stereocenters. The maximum atomic E-state index is 5.98. The summed E-state index contributed by atoms with van der Waals surface area (Å²) in [6, 6.07) is 3.77. The highest BCUT2D eigenvalue weighted by Crippen LogP contribution is 2.31. The number of anilines is 1. The van der Waals surface area contributed by atoms with Crippen molar-refractivity contribution in [3.63, 3.8) is 0 Å². The Morgan fingerprint density at radius 3 is 2.80 bits per heavy atom. The monoisotopic (exact) mass is 245 g/mol. The summed E-state index contributed by atoms with van der Waals surface area (Å²) in [5.41, 5.74) is 1.99. The molecule has 0 saturated heterocycles. The molecule has 1 rings (SSSR count). The third kappa shape index (κ3) is 3.50. The van der Waals surface area contributed by atoms with Crippen LogP contribution in [0.1, 0.15) is 12.0 Å².